The fourth-order valence-electron chi connectivity index (χ4n) is 4.26. The van der Waals surface area contributed by atoms with E-state index in [2.05, 4.69) is 23.3 Å². The molecule has 0 radical (unpaired) electrons. The van der Waals surface area contributed by atoms with Gasteiger partial charge in [0.05, 0.1) is 6.04 Å². The molecule has 3 amide bonds. The van der Waals surface area contributed by atoms with Crippen molar-refractivity contribution < 1.29 is 29.4 Å². The molecule has 198 valence electrons. The van der Waals surface area contributed by atoms with E-state index in [4.69, 9.17) is 5.73 Å². The number of carbonyl (C=O) groups is 4. The van der Waals surface area contributed by atoms with E-state index in [-0.39, 0.29) is 30.3 Å². The van der Waals surface area contributed by atoms with Gasteiger partial charge < -0.3 is 31.5 Å². The summed E-state index contributed by atoms with van der Waals surface area (Å²) in [7, 11) is 0. The highest BCUT2D eigenvalue weighted by Gasteiger charge is 2.37. The molecule has 11 heteroatoms. The average Bonchev–Trinajstić information content (AvgIpc) is 3.39. The van der Waals surface area contributed by atoms with Crippen LogP contribution in [0, 0.1) is 0 Å². The molecule has 2 aromatic carbocycles. The Bertz CT molecular complexity index is 1100. The third-order valence-corrected chi connectivity index (χ3v) is 6.65. The quantitative estimate of drug-likeness (QED) is 0.231. The predicted molar refractivity (Wildman–Crippen MR) is 140 cm³/mol. The van der Waals surface area contributed by atoms with Crippen LogP contribution in [0.4, 0.5) is 0 Å². The number of nitrogens with zero attached hydrogens (tertiary/aromatic N) is 1. The van der Waals surface area contributed by atoms with Crippen LogP contribution >= 0.6 is 12.6 Å². The van der Waals surface area contributed by atoms with Crippen molar-refractivity contribution in [3.8, 4) is 5.75 Å². The van der Waals surface area contributed by atoms with Crippen molar-refractivity contribution in [1.29, 1.82) is 0 Å². The lowest BCUT2D eigenvalue weighted by Crippen LogP contribution is -2.57. The maximum Gasteiger partial charge on any atom is 0.326 e. The van der Waals surface area contributed by atoms with Gasteiger partial charge in [0.15, 0.2) is 0 Å². The number of thiol groups is 1. The van der Waals surface area contributed by atoms with Gasteiger partial charge in [-0.05, 0) is 36.1 Å². The van der Waals surface area contributed by atoms with Gasteiger partial charge in [-0.25, -0.2) is 4.79 Å². The van der Waals surface area contributed by atoms with Gasteiger partial charge >= 0.3 is 5.97 Å². The first-order valence-corrected chi connectivity index (χ1v) is 12.6. The van der Waals surface area contributed by atoms with E-state index in [0.29, 0.717) is 24.9 Å². The molecule has 0 aromatic heterocycles. The summed E-state index contributed by atoms with van der Waals surface area (Å²) < 4.78 is 0. The number of aliphatic carboxylic acids is 1. The molecule has 4 atom stereocenters. The lowest BCUT2D eigenvalue weighted by molar-refractivity contribution is -0.143. The number of phenols is 1. The third-order valence-electron chi connectivity index (χ3n) is 6.26. The van der Waals surface area contributed by atoms with Crippen LogP contribution < -0.4 is 16.4 Å². The van der Waals surface area contributed by atoms with Crippen LogP contribution in [0.3, 0.4) is 0 Å². The Labute approximate surface area is 220 Å². The van der Waals surface area contributed by atoms with E-state index in [1.807, 2.05) is 0 Å². The molecule has 6 N–H and O–H groups in total. The van der Waals surface area contributed by atoms with Crippen LogP contribution in [-0.2, 0) is 32.0 Å². The molecule has 1 saturated heterocycles. The zero-order valence-electron chi connectivity index (χ0n) is 20.2. The lowest BCUT2D eigenvalue weighted by atomic mass is 10.0. The number of benzene rings is 2. The molecule has 1 aliphatic heterocycles. The van der Waals surface area contributed by atoms with E-state index in [9.17, 15) is 29.4 Å². The number of aromatic hydroxyl groups is 1. The van der Waals surface area contributed by atoms with Gasteiger partial charge in [0.2, 0.25) is 17.7 Å². The first-order chi connectivity index (χ1) is 17.7. The van der Waals surface area contributed by atoms with E-state index < -0.39 is 42.0 Å². The van der Waals surface area contributed by atoms with Gasteiger partial charge in [0.1, 0.15) is 23.9 Å². The zero-order chi connectivity index (χ0) is 26.9. The second-order valence-corrected chi connectivity index (χ2v) is 9.36. The van der Waals surface area contributed by atoms with Crippen molar-refractivity contribution in [2.75, 3.05) is 12.3 Å². The second-order valence-electron chi connectivity index (χ2n) is 9.00. The fraction of sp³-hybridized carbons (Fsp3) is 0.385. The Morgan fingerprint density at radius 3 is 2.22 bits per heavy atom. The molecule has 10 nitrogen and oxygen atoms in total. The number of likely N-dealkylation sites (tertiary alicyclic amines) is 1. The van der Waals surface area contributed by atoms with E-state index in [0.717, 1.165) is 5.56 Å². The number of nitrogens with two attached hydrogens (primary N) is 1. The van der Waals surface area contributed by atoms with Gasteiger partial charge in [-0.1, -0.05) is 42.5 Å². The molecule has 0 aliphatic carbocycles. The summed E-state index contributed by atoms with van der Waals surface area (Å²) in [5, 5.41) is 24.6. The van der Waals surface area contributed by atoms with Gasteiger partial charge in [-0.15, -0.1) is 0 Å². The number of carbonyl (C=O) groups excluding carboxylic acids is 3. The van der Waals surface area contributed by atoms with Crippen LogP contribution in [0.1, 0.15) is 24.0 Å². The Balaban J connectivity index is 1.78. The predicted octanol–water partition coefficient (Wildman–Crippen LogP) is 0.480. The molecular formula is C26H32N4O6S. The van der Waals surface area contributed by atoms with E-state index >= 15 is 0 Å². The Hall–Kier alpha value is -3.57. The second kappa shape index (κ2) is 13.1. The molecule has 0 bridgehead atoms. The highest BCUT2D eigenvalue weighted by molar-refractivity contribution is 7.80. The smallest absolute Gasteiger partial charge is 0.326 e. The van der Waals surface area contributed by atoms with Crippen LogP contribution in [-0.4, -0.2) is 75.3 Å². The highest BCUT2D eigenvalue weighted by Crippen LogP contribution is 2.19. The summed E-state index contributed by atoms with van der Waals surface area (Å²) >= 11 is 4.07. The van der Waals surface area contributed by atoms with E-state index in [1.165, 1.54) is 17.0 Å². The number of carboxylic acid groups (broad SMARTS) is 1. The number of carboxylic acids is 1. The zero-order valence-corrected chi connectivity index (χ0v) is 21.1. The molecule has 0 saturated carbocycles. The highest BCUT2D eigenvalue weighted by atomic mass is 32.1. The molecule has 2 aromatic rings. The number of rotatable bonds is 11. The molecule has 3 rings (SSSR count). The number of nitrogens with one attached hydrogen (secondary N) is 2. The molecule has 0 spiro atoms. The molecule has 1 aliphatic rings. The number of hydrogen-bond acceptors (Lipinski definition) is 7. The molecular weight excluding hydrogens is 496 g/mol. The number of phenolic OH excluding ortho intramolecular Hbond substituents is 1. The average molecular weight is 529 g/mol. The topological polar surface area (TPSA) is 162 Å². The van der Waals surface area contributed by atoms with Gasteiger partial charge in [-0.3, -0.25) is 14.4 Å². The van der Waals surface area contributed by atoms with E-state index in [1.54, 1.807) is 42.5 Å². The summed E-state index contributed by atoms with van der Waals surface area (Å²) in [6.07, 6.45) is 1.13. The molecule has 1 heterocycles. The summed E-state index contributed by atoms with van der Waals surface area (Å²) in [5.74, 6) is -2.61. The first-order valence-electron chi connectivity index (χ1n) is 12.0. The summed E-state index contributed by atoms with van der Waals surface area (Å²) in [4.78, 5) is 52.5. The Kier molecular flexibility index (Phi) is 9.93. The SMILES string of the molecule is NC(CS)C(=O)N1CCCC1C(=O)NC(Cc1ccc(O)cc1)C(=O)NC(Cc1ccccc1)C(=O)O. The standard InChI is InChI=1S/C26H32N4O6S/c27-19(15-37)25(34)30-12-4-7-22(30)24(33)28-20(13-17-8-10-18(31)11-9-17)23(32)29-21(26(35)36)14-16-5-2-1-3-6-16/h1-3,5-6,8-11,19-22,31,37H,4,7,12-15,27H2,(H,28,33)(H,29,32)(H,35,36). The molecule has 4 unspecified atom stereocenters. The van der Waals surface area contributed by atoms with Crippen molar-refractivity contribution in [3.05, 3.63) is 65.7 Å². The normalized spacial score (nSPS) is 17.5. The van der Waals surface area contributed by atoms with Crippen molar-refractivity contribution in [2.24, 2.45) is 5.73 Å². The van der Waals surface area contributed by atoms with Crippen molar-refractivity contribution in [1.82, 2.24) is 15.5 Å². The minimum absolute atomic E-state index is 0.0447. The largest absolute Gasteiger partial charge is 0.508 e. The van der Waals surface area contributed by atoms with Gasteiger partial charge in [-0.2, -0.15) is 12.6 Å². The Morgan fingerprint density at radius 2 is 1.59 bits per heavy atom. The molecule has 37 heavy (non-hydrogen) atoms. The number of amides is 3. The van der Waals surface area contributed by atoms with Crippen LogP contribution in [0.5, 0.6) is 5.75 Å². The first kappa shape index (κ1) is 28.0. The maximum atomic E-state index is 13.3. The van der Waals surface area contributed by atoms with Crippen LogP contribution in [0.15, 0.2) is 54.6 Å². The van der Waals surface area contributed by atoms with Crippen molar-refractivity contribution in [3.63, 3.8) is 0 Å². The number of hydrogen-bond donors (Lipinski definition) is 6. The van der Waals surface area contributed by atoms with Crippen LogP contribution in [0.2, 0.25) is 0 Å². The fourth-order valence-corrected chi connectivity index (χ4v) is 4.42. The Morgan fingerprint density at radius 1 is 0.973 bits per heavy atom. The maximum absolute atomic E-state index is 13.3. The summed E-state index contributed by atoms with van der Waals surface area (Å²) in [6.45, 7) is 0.366. The lowest BCUT2D eigenvalue weighted by Gasteiger charge is -2.28. The van der Waals surface area contributed by atoms with Crippen LogP contribution in [0.25, 0.3) is 0 Å². The molecule has 1 fully saturated rings. The van der Waals surface area contributed by atoms with Gasteiger partial charge in [0, 0.05) is 25.1 Å². The summed E-state index contributed by atoms with van der Waals surface area (Å²) in [5.41, 5.74) is 7.20. The summed E-state index contributed by atoms with van der Waals surface area (Å²) in [6, 6.07) is 11.0. The van der Waals surface area contributed by atoms with Crippen molar-refractivity contribution >= 4 is 36.3 Å². The third kappa shape index (κ3) is 7.70. The monoisotopic (exact) mass is 528 g/mol. The minimum atomic E-state index is -1.22. The van der Waals surface area contributed by atoms with Gasteiger partial charge in [0.25, 0.3) is 0 Å². The van der Waals surface area contributed by atoms with Crippen molar-refractivity contribution in [2.45, 2.75) is 49.9 Å². The minimum Gasteiger partial charge on any atom is -0.508 e.